The van der Waals surface area contributed by atoms with E-state index in [0.29, 0.717) is 39.3 Å². The van der Waals surface area contributed by atoms with Crippen LogP contribution in [0.5, 0.6) is 0 Å². The molecular weight excluding hydrogens is 394 g/mol. The molecule has 2 aromatic rings. The van der Waals surface area contributed by atoms with Gasteiger partial charge in [0.1, 0.15) is 0 Å². The number of likely N-dealkylation sites (tertiary alicyclic amines) is 1. The van der Waals surface area contributed by atoms with Crippen LogP contribution in [0.15, 0.2) is 24.3 Å². The largest absolute Gasteiger partial charge is 0.465 e. The lowest BCUT2D eigenvalue weighted by molar-refractivity contribution is -0.150. The molecule has 0 radical (unpaired) electrons. The molecule has 0 saturated carbocycles. The molecule has 1 aromatic heterocycles. The second kappa shape index (κ2) is 9.40. The van der Waals surface area contributed by atoms with Crippen LogP contribution in [0.4, 0.5) is 0 Å². The number of carbonyl (C=O) groups excluding carboxylic acids is 2. The van der Waals surface area contributed by atoms with Gasteiger partial charge in [0.2, 0.25) is 5.91 Å². The van der Waals surface area contributed by atoms with Crippen LogP contribution in [-0.4, -0.2) is 72.7 Å². The van der Waals surface area contributed by atoms with E-state index in [9.17, 15) is 9.59 Å². The molecule has 1 N–H and O–H groups in total. The van der Waals surface area contributed by atoms with E-state index in [0.717, 1.165) is 32.5 Å². The third-order valence-electron chi connectivity index (χ3n) is 6.84. The Bertz CT molecular complexity index is 924. The molecule has 2 aliphatic heterocycles. The Balaban J connectivity index is 1.41. The van der Waals surface area contributed by atoms with Gasteiger partial charge >= 0.3 is 5.97 Å². The maximum atomic E-state index is 12.9. The van der Waals surface area contributed by atoms with Crippen molar-refractivity contribution >= 4 is 22.8 Å². The van der Waals surface area contributed by atoms with Crippen LogP contribution in [-0.2, 0) is 25.6 Å². The van der Waals surface area contributed by atoms with Crippen LogP contribution >= 0.6 is 0 Å². The fourth-order valence-corrected chi connectivity index (χ4v) is 4.78. The number of rotatable bonds is 6. The first-order valence-electron chi connectivity index (χ1n) is 11.2. The number of benzene rings is 1. The maximum Gasteiger partial charge on any atom is 0.302 e. The van der Waals surface area contributed by atoms with E-state index >= 15 is 0 Å². The number of fused-ring (bicyclic) bond motifs is 1. The summed E-state index contributed by atoms with van der Waals surface area (Å²) in [7, 11) is 0. The van der Waals surface area contributed by atoms with Crippen molar-refractivity contribution in [2.75, 3.05) is 46.0 Å². The lowest BCUT2D eigenvalue weighted by Crippen LogP contribution is -2.47. The number of hydrogen-bond acceptors (Lipinski definition) is 5. The summed E-state index contributed by atoms with van der Waals surface area (Å²) in [5, 5.41) is 1.27. The molecule has 0 unspecified atom stereocenters. The summed E-state index contributed by atoms with van der Waals surface area (Å²) in [6.45, 7) is 9.04. The average Bonchev–Trinajstić information content (AvgIpc) is 3.10. The summed E-state index contributed by atoms with van der Waals surface area (Å²) >= 11 is 0. The van der Waals surface area contributed by atoms with Crippen molar-refractivity contribution in [3.8, 4) is 0 Å². The average molecular weight is 428 g/mol. The first-order chi connectivity index (χ1) is 15.0. The molecule has 7 heteroatoms. The summed E-state index contributed by atoms with van der Waals surface area (Å²) in [6, 6.07) is 8.39. The summed E-state index contributed by atoms with van der Waals surface area (Å²) in [6.07, 6.45) is 2.12. The number of aromatic amines is 1. The van der Waals surface area contributed by atoms with Gasteiger partial charge in [0, 0.05) is 55.0 Å². The highest BCUT2D eigenvalue weighted by Gasteiger charge is 2.39. The summed E-state index contributed by atoms with van der Waals surface area (Å²) in [5.74, 6) is -0.135. The minimum atomic E-state index is -0.285. The third kappa shape index (κ3) is 5.10. The van der Waals surface area contributed by atoms with Crippen molar-refractivity contribution in [3.63, 3.8) is 0 Å². The van der Waals surface area contributed by atoms with Crippen LogP contribution < -0.4 is 0 Å². The second-order valence-electron chi connectivity index (χ2n) is 9.00. The van der Waals surface area contributed by atoms with Gasteiger partial charge in [-0.3, -0.25) is 14.5 Å². The van der Waals surface area contributed by atoms with Crippen LogP contribution in [0, 0.1) is 12.3 Å². The zero-order valence-corrected chi connectivity index (χ0v) is 18.6. The van der Waals surface area contributed by atoms with E-state index in [1.165, 1.54) is 29.1 Å². The van der Waals surface area contributed by atoms with Gasteiger partial charge in [-0.05, 0) is 44.5 Å². The third-order valence-corrected chi connectivity index (χ3v) is 6.84. The molecule has 168 valence electrons. The first kappa shape index (κ1) is 21.8. The predicted octanol–water partition coefficient (Wildman–Crippen LogP) is 2.87. The highest BCUT2D eigenvalue weighted by molar-refractivity contribution is 5.84. The number of ether oxygens (including phenoxy) is 2. The molecule has 2 fully saturated rings. The van der Waals surface area contributed by atoms with Gasteiger partial charge < -0.3 is 19.4 Å². The number of H-pyrrole nitrogens is 1. The normalized spacial score (nSPS) is 19.5. The highest BCUT2D eigenvalue weighted by atomic mass is 16.5. The van der Waals surface area contributed by atoms with Crippen LogP contribution in [0.25, 0.3) is 10.9 Å². The molecule has 7 nitrogen and oxygen atoms in total. The Morgan fingerprint density at radius 2 is 1.84 bits per heavy atom. The predicted molar refractivity (Wildman–Crippen MR) is 119 cm³/mol. The minimum Gasteiger partial charge on any atom is -0.465 e. The molecule has 31 heavy (non-hydrogen) atoms. The Morgan fingerprint density at radius 3 is 2.52 bits per heavy atom. The van der Waals surface area contributed by atoms with E-state index in [1.807, 2.05) is 4.90 Å². The highest BCUT2D eigenvalue weighted by Crippen LogP contribution is 2.37. The van der Waals surface area contributed by atoms with E-state index in [4.69, 9.17) is 9.47 Å². The van der Waals surface area contributed by atoms with Crippen molar-refractivity contribution < 1.29 is 19.1 Å². The SMILES string of the molecule is CC(=O)OCC1(CC(=O)N2CCOCC2)CCN(Cc2[nH]c3ccccc3c2C)CC1. The smallest absolute Gasteiger partial charge is 0.302 e. The number of amides is 1. The summed E-state index contributed by atoms with van der Waals surface area (Å²) in [4.78, 5) is 32.3. The molecule has 0 atom stereocenters. The van der Waals surface area contributed by atoms with Gasteiger partial charge in [-0.2, -0.15) is 0 Å². The number of nitrogens with zero attached hydrogens (tertiary/aromatic N) is 2. The number of hydrogen-bond donors (Lipinski definition) is 1. The number of morpholine rings is 1. The first-order valence-corrected chi connectivity index (χ1v) is 11.2. The molecule has 2 saturated heterocycles. The second-order valence-corrected chi connectivity index (χ2v) is 9.00. The zero-order valence-electron chi connectivity index (χ0n) is 18.6. The van der Waals surface area contributed by atoms with Crippen molar-refractivity contribution in [1.82, 2.24) is 14.8 Å². The monoisotopic (exact) mass is 427 g/mol. The molecule has 4 rings (SSSR count). The van der Waals surface area contributed by atoms with Crippen LogP contribution in [0.3, 0.4) is 0 Å². The van der Waals surface area contributed by atoms with E-state index in [1.54, 1.807) is 0 Å². The van der Waals surface area contributed by atoms with Gasteiger partial charge in [0.05, 0.1) is 19.8 Å². The lowest BCUT2D eigenvalue weighted by atomic mass is 9.75. The maximum absolute atomic E-state index is 12.9. The topological polar surface area (TPSA) is 74.9 Å². The van der Waals surface area contributed by atoms with Gasteiger partial charge in [-0.15, -0.1) is 0 Å². The molecule has 0 aliphatic carbocycles. The number of carbonyl (C=O) groups is 2. The van der Waals surface area contributed by atoms with Gasteiger partial charge in [0.25, 0.3) is 0 Å². The quantitative estimate of drug-likeness (QED) is 0.718. The van der Waals surface area contributed by atoms with Gasteiger partial charge in [-0.1, -0.05) is 18.2 Å². The fraction of sp³-hybridized carbons (Fsp3) is 0.583. The van der Waals surface area contributed by atoms with Crippen molar-refractivity contribution in [1.29, 1.82) is 0 Å². The van der Waals surface area contributed by atoms with E-state index < -0.39 is 0 Å². The molecule has 1 amide bonds. The fourth-order valence-electron chi connectivity index (χ4n) is 4.78. The number of aryl methyl sites for hydroxylation is 1. The number of para-hydroxylation sites is 1. The minimum absolute atomic E-state index is 0.148. The Labute approximate surface area is 183 Å². The van der Waals surface area contributed by atoms with E-state index in [-0.39, 0.29) is 17.3 Å². The van der Waals surface area contributed by atoms with Crippen LogP contribution in [0.2, 0.25) is 0 Å². The zero-order chi connectivity index (χ0) is 21.8. The summed E-state index contributed by atoms with van der Waals surface area (Å²) in [5.41, 5.74) is 3.44. The van der Waals surface area contributed by atoms with Crippen LogP contribution in [0.1, 0.15) is 37.4 Å². The van der Waals surface area contributed by atoms with Gasteiger partial charge in [-0.25, -0.2) is 0 Å². The van der Waals surface area contributed by atoms with Crippen molar-refractivity contribution in [2.45, 2.75) is 39.7 Å². The number of piperidine rings is 1. The Kier molecular flexibility index (Phi) is 6.62. The molecular formula is C24H33N3O4. The number of nitrogens with one attached hydrogen (secondary N) is 1. The van der Waals surface area contributed by atoms with Crippen molar-refractivity contribution in [3.05, 3.63) is 35.5 Å². The molecule has 2 aliphatic rings. The molecule has 0 spiro atoms. The van der Waals surface area contributed by atoms with Gasteiger partial charge in [0.15, 0.2) is 0 Å². The molecule has 0 bridgehead atoms. The van der Waals surface area contributed by atoms with Crippen molar-refractivity contribution in [2.24, 2.45) is 5.41 Å². The number of esters is 1. The summed E-state index contributed by atoms with van der Waals surface area (Å²) < 4.78 is 10.8. The molecule has 1 aromatic carbocycles. The Morgan fingerprint density at radius 1 is 1.13 bits per heavy atom. The standard InChI is InChI=1S/C24H33N3O4/c1-18-20-5-3-4-6-21(20)25-22(18)16-26-9-7-24(8-10-26,17-31-19(2)28)15-23(29)27-11-13-30-14-12-27/h3-6,25H,7-17H2,1-2H3. The molecule has 3 heterocycles. The van der Waals surface area contributed by atoms with E-state index in [2.05, 4.69) is 41.1 Å². The lowest BCUT2D eigenvalue weighted by Gasteiger charge is -2.42. The Hall–Kier alpha value is -2.38. The number of aromatic nitrogens is 1.